The third kappa shape index (κ3) is 4.45. The number of anilines is 1. The molecular formula is C21H23FN2O3. The van der Waals surface area contributed by atoms with E-state index in [1.54, 1.807) is 24.0 Å². The molecule has 1 fully saturated rings. The zero-order valence-electron chi connectivity index (χ0n) is 15.5. The van der Waals surface area contributed by atoms with Crippen LogP contribution in [0.25, 0.3) is 0 Å². The maximum atomic E-state index is 13.8. The molecule has 0 bridgehead atoms. The fourth-order valence-corrected chi connectivity index (χ4v) is 3.23. The maximum absolute atomic E-state index is 13.8. The molecule has 0 radical (unpaired) electrons. The van der Waals surface area contributed by atoms with E-state index in [1.165, 1.54) is 13.2 Å². The fourth-order valence-electron chi connectivity index (χ4n) is 3.23. The van der Waals surface area contributed by atoms with Crippen LogP contribution < -0.4 is 15.0 Å². The van der Waals surface area contributed by atoms with E-state index in [4.69, 9.17) is 4.74 Å². The molecule has 0 saturated carbocycles. The van der Waals surface area contributed by atoms with Crippen LogP contribution in [0.5, 0.6) is 5.75 Å². The van der Waals surface area contributed by atoms with E-state index in [0.29, 0.717) is 12.0 Å². The summed E-state index contributed by atoms with van der Waals surface area (Å²) >= 11 is 0. The van der Waals surface area contributed by atoms with Crippen molar-refractivity contribution in [3.63, 3.8) is 0 Å². The van der Waals surface area contributed by atoms with Crippen LogP contribution in [0.1, 0.15) is 36.9 Å². The van der Waals surface area contributed by atoms with E-state index in [9.17, 15) is 14.0 Å². The van der Waals surface area contributed by atoms with Crippen molar-refractivity contribution in [2.24, 2.45) is 0 Å². The molecule has 1 saturated heterocycles. The lowest BCUT2D eigenvalue weighted by Gasteiger charge is -2.17. The highest BCUT2D eigenvalue weighted by atomic mass is 19.1. The first-order chi connectivity index (χ1) is 13.0. The van der Waals surface area contributed by atoms with Gasteiger partial charge in [-0.15, -0.1) is 0 Å². The Bertz CT molecular complexity index is 836. The van der Waals surface area contributed by atoms with Gasteiger partial charge in [0, 0.05) is 18.7 Å². The second-order valence-electron chi connectivity index (χ2n) is 6.68. The zero-order chi connectivity index (χ0) is 19.4. The standard InChI is InChI=1S/C21H23FN2O3/c1-14(16-7-10-19(27-2)18(22)13-16)23-20(25)12-15-5-8-17(9-6-15)24-11-3-4-21(24)26/h5-10,13-14H,3-4,11-12H2,1-2H3,(H,23,25)/t14-/m0/s1. The molecule has 0 spiro atoms. The van der Waals surface area contributed by atoms with Crippen LogP contribution in [0.15, 0.2) is 42.5 Å². The molecule has 0 aliphatic carbocycles. The van der Waals surface area contributed by atoms with Crippen molar-refractivity contribution in [3.8, 4) is 5.75 Å². The monoisotopic (exact) mass is 370 g/mol. The number of rotatable bonds is 6. The number of carbonyl (C=O) groups excluding carboxylic acids is 2. The van der Waals surface area contributed by atoms with Crippen molar-refractivity contribution in [3.05, 3.63) is 59.4 Å². The second kappa shape index (κ2) is 8.20. The largest absolute Gasteiger partial charge is 0.494 e. The van der Waals surface area contributed by atoms with Crippen molar-refractivity contribution in [2.75, 3.05) is 18.6 Å². The van der Waals surface area contributed by atoms with Gasteiger partial charge >= 0.3 is 0 Å². The molecule has 6 heteroatoms. The van der Waals surface area contributed by atoms with E-state index in [-0.39, 0.29) is 30.0 Å². The van der Waals surface area contributed by atoms with Crippen molar-refractivity contribution in [1.82, 2.24) is 5.32 Å². The average Bonchev–Trinajstić information content (AvgIpc) is 3.08. The fraction of sp³-hybridized carbons (Fsp3) is 0.333. The number of carbonyl (C=O) groups is 2. The summed E-state index contributed by atoms with van der Waals surface area (Å²) in [7, 11) is 1.41. The number of benzene rings is 2. The van der Waals surface area contributed by atoms with Crippen LogP contribution in [-0.2, 0) is 16.0 Å². The molecular weight excluding hydrogens is 347 g/mol. The summed E-state index contributed by atoms with van der Waals surface area (Å²) in [4.78, 5) is 25.9. The lowest BCUT2D eigenvalue weighted by atomic mass is 10.1. The highest BCUT2D eigenvalue weighted by molar-refractivity contribution is 5.95. The summed E-state index contributed by atoms with van der Waals surface area (Å²) in [6.45, 7) is 2.55. The molecule has 1 N–H and O–H groups in total. The molecule has 1 aliphatic rings. The Hall–Kier alpha value is -2.89. The minimum atomic E-state index is -0.455. The zero-order valence-corrected chi connectivity index (χ0v) is 15.5. The van der Waals surface area contributed by atoms with Gasteiger partial charge in [0.1, 0.15) is 0 Å². The highest BCUT2D eigenvalue weighted by Gasteiger charge is 2.21. The quantitative estimate of drug-likeness (QED) is 0.848. The number of methoxy groups -OCH3 is 1. The SMILES string of the molecule is COc1ccc([C@H](C)NC(=O)Cc2ccc(N3CCCC3=O)cc2)cc1F. The minimum Gasteiger partial charge on any atom is -0.494 e. The molecule has 0 aromatic heterocycles. The molecule has 2 aromatic rings. The van der Waals surface area contributed by atoms with E-state index in [2.05, 4.69) is 5.32 Å². The Morgan fingerprint density at radius 3 is 2.59 bits per heavy atom. The van der Waals surface area contributed by atoms with Crippen LogP contribution in [0.3, 0.4) is 0 Å². The van der Waals surface area contributed by atoms with Gasteiger partial charge in [0.15, 0.2) is 11.6 Å². The predicted octanol–water partition coefficient (Wildman–Crippen LogP) is 3.38. The van der Waals surface area contributed by atoms with Gasteiger partial charge in [0.05, 0.1) is 19.6 Å². The van der Waals surface area contributed by atoms with Gasteiger partial charge < -0.3 is 15.0 Å². The van der Waals surface area contributed by atoms with Crippen LogP contribution in [0.2, 0.25) is 0 Å². The van der Waals surface area contributed by atoms with Gasteiger partial charge in [0.25, 0.3) is 0 Å². The number of hydrogen-bond acceptors (Lipinski definition) is 3. The predicted molar refractivity (Wildman–Crippen MR) is 101 cm³/mol. The van der Waals surface area contributed by atoms with Gasteiger partial charge in [-0.05, 0) is 48.7 Å². The number of amides is 2. The summed E-state index contributed by atoms with van der Waals surface area (Å²) in [6.07, 6.45) is 1.69. The first kappa shape index (κ1) is 18.9. The Balaban J connectivity index is 1.58. The van der Waals surface area contributed by atoms with Crippen molar-refractivity contribution in [1.29, 1.82) is 0 Å². The first-order valence-electron chi connectivity index (χ1n) is 9.00. The molecule has 27 heavy (non-hydrogen) atoms. The molecule has 2 aromatic carbocycles. The van der Waals surface area contributed by atoms with E-state index in [0.717, 1.165) is 24.2 Å². The third-order valence-corrected chi connectivity index (χ3v) is 4.74. The van der Waals surface area contributed by atoms with Crippen LogP contribution >= 0.6 is 0 Å². The molecule has 0 unspecified atom stereocenters. The number of ether oxygens (including phenoxy) is 1. The van der Waals surface area contributed by atoms with E-state index < -0.39 is 5.82 Å². The van der Waals surface area contributed by atoms with Crippen LogP contribution in [0.4, 0.5) is 10.1 Å². The Morgan fingerprint density at radius 1 is 1.26 bits per heavy atom. The van der Waals surface area contributed by atoms with Crippen LogP contribution in [0, 0.1) is 5.82 Å². The topological polar surface area (TPSA) is 58.6 Å². The molecule has 1 atom stereocenters. The van der Waals surface area contributed by atoms with Crippen molar-refractivity contribution >= 4 is 17.5 Å². The molecule has 5 nitrogen and oxygen atoms in total. The second-order valence-corrected chi connectivity index (χ2v) is 6.68. The maximum Gasteiger partial charge on any atom is 0.227 e. The normalized spacial score (nSPS) is 14.9. The van der Waals surface area contributed by atoms with Gasteiger partial charge in [-0.25, -0.2) is 4.39 Å². The average molecular weight is 370 g/mol. The number of hydrogen-bond donors (Lipinski definition) is 1. The van der Waals surface area contributed by atoms with Gasteiger partial charge in [-0.3, -0.25) is 9.59 Å². The summed E-state index contributed by atoms with van der Waals surface area (Å²) in [6, 6.07) is 11.8. The number of nitrogens with zero attached hydrogens (tertiary/aromatic N) is 1. The summed E-state index contributed by atoms with van der Waals surface area (Å²) < 4.78 is 18.7. The Morgan fingerprint density at radius 2 is 2.00 bits per heavy atom. The minimum absolute atomic E-state index is 0.140. The van der Waals surface area contributed by atoms with Crippen molar-refractivity contribution in [2.45, 2.75) is 32.2 Å². The molecule has 2 amide bonds. The Kier molecular flexibility index (Phi) is 5.74. The lowest BCUT2D eigenvalue weighted by molar-refractivity contribution is -0.121. The number of nitrogens with one attached hydrogen (secondary N) is 1. The Labute approximate surface area is 158 Å². The van der Waals surface area contributed by atoms with Crippen LogP contribution in [-0.4, -0.2) is 25.5 Å². The van der Waals surface area contributed by atoms with Gasteiger partial charge in [0.2, 0.25) is 11.8 Å². The van der Waals surface area contributed by atoms with Gasteiger partial charge in [-0.2, -0.15) is 0 Å². The summed E-state index contributed by atoms with van der Waals surface area (Å²) in [5, 5.41) is 2.88. The van der Waals surface area contributed by atoms with E-state index in [1.807, 2.05) is 24.3 Å². The summed E-state index contributed by atoms with van der Waals surface area (Å²) in [5.74, 6) is -0.290. The number of halogens is 1. The molecule has 142 valence electrons. The molecule has 1 aliphatic heterocycles. The van der Waals surface area contributed by atoms with Crippen molar-refractivity contribution < 1.29 is 18.7 Å². The lowest BCUT2D eigenvalue weighted by Crippen LogP contribution is -2.28. The first-order valence-corrected chi connectivity index (χ1v) is 9.00. The third-order valence-electron chi connectivity index (χ3n) is 4.74. The molecule has 1 heterocycles. The highest BCUT2D eigenvalue weighted by Crippen LogP contribution is 2.23. The van der Waals surface area contributed by atoms with E-state index >= 15 is 0 Å². The molecule has 3 rings (SSSR count). The smallest absolute Gasteiger partial charge is 0.227 e. The summed E-state index contributed by atoms with van der Waals surface area (Å²) in [5.41, 5.74) is 2.39. The van der Waals surface area contributed by atoms with Gasteiger partial charge in [-0.1, -0.05) is 18.2 Å².